The predicted molar refractivity (Wildman–Crippen MR) is 77.3 cm³/mol. The maximum atomic E-state index is 12.2. The number of hydrogen-bond donors (Lipinski definition) is 1. The van der Waals surface area contributed by atoms with Crippen LogP contribution in [0.5, 0.6) is 11.5 Å². The van der Waals surface area contributed by atoms with E-state index in [1.807, 2.05) is 16.8 Å². The van der Waals surface area contributed by atoms with Crippen LogP contribution in [-0.2, 0) is 0 Å². The summed E-state index contributed by atoms with van der Waals surface area (Å²) in [7, 11) is 1.37. The Hall–Kier alpha value is -1.44. The zero-order valence-corrected chi connectivity index (χ0v) is 12.5. The van der Waals surface area contributed by atoms with Gasteiger partial charge in [-0.25, -0.2) is 0 Å². The van der Waals surface area contributed by atoms with E-state index in [4.69, 9.17) is 10.5 Å². The zero-order chi connectivity index (χ0) is 14.8. The summed E-state index contributed by atoms with van der Waals surface area (Å²) in [4.78, 5) is 0. The van der Waals surface area contributed by atoms with E-state index in [-0.39, 0.29) is 23.9 Å². The minimum Gasteiger partial charge on any atom is -0.496 e. The third-order valence-electron chi connectivity index (χ3n) is 2.68. The van der Waals surface area contributed by atoms with Gasteiger partial charge >= 0.3 is 6.36 Å². The molecule has 116 valence electrons. The van der Waals surface area contributed by atoms with Crippen LogP contribution in [-0.4, -0.2) is 13.5 Å². The Morgan fingerprint density at radius 2 is 1.95 bits per heavy atom. The molecule has 0 saturated heterocycles. The van der Waals surface area contributed by atoms with Crippen molar-refractivity contribution in [2.45, 2.75) is 12.4 Å². The first-order valence-corrected chi connectivity index (χ1v) is 6.56. The van der Waals surface area contributed by atoms with Crippen molar-refractivity contribution in [3.63, 3.8) is 0 Å². The number of methoxy groups -OCH3 is 1. The maximum Gasteiger partial charge on any atom is 0.573 e. The Morgan fingerprint density at radius 3 is 2.48 bits per heavy atom. The fraction of sp³-hybridized carbons (Fsp3) is 0.231. The molecule has 21 heavy (non-hydrogen) atoms. The van der Waals surface area contributed by atoms with Crippen molar-refractivity contribution in [1.82, 2.24) is 0 Å². The quantitative estimate of drug-likeness (QED) is 0.911. The third-order valence-corrected chi connectivity index (χ3v) is 3.38. The van der Waals surface area contributed by atoms with E-state index in [2.05, 4.69) is 4.74 Å². The molecule has 1 atom stereocenters. The lowest BCUT2D eigenvalue weighted by Gasteiger charge is -2.16. The SMILES string of the molecule is COc1cc(OC(F)(F)F)ccc1[C@@H](N)c1ccsc1.Cl. The molecule has 0 radical (unpaired) electrons. The summed E-state index contributed by atoms with van der Waals surface area (Å²) in [5.74, 6) is -0.0823. The molecule has 2 aromatic rings. The highest BCUT2D eigenvalue weighted by Crippen LogP contribution is 2.34. The number of alkyl halides is 3. The van der Waals surface area contributed by atoms with E-state index in [9.17, 15) is 13.2 Å². The van der Waals surface area contributed by atoms with Gasteiger partial charge in [0.15, 0.2) is 0 Å². The number of benzene rings is 1. The zero-order valence-electron chi connectivity index (χ0n) is 10.9. The van der Waals surface area contributed by atoms with Gasteiger partial charge in [-0.05, 0) is 34.5 Å². The minimum atomic E-state index is -4.73. The molecule has 0 bridgehead atoms. The van der Waals surface area contributed by atoms with Gasteiger partial charge in [0.05, 0.1) is 13.2 Å². The summed E-state index contributed by atoms with van der Waals surface area (Å²) in [6.45, 7) is 0. The highest BCUT2D eigenvalue weighted by molar-refractivity contribution is 7.08. The maximum absolute atomic E-state index is 12.2. The van der Waals surface area contributed by atoms with Gasteiger partial charge in [-0.15, -0.1) is 25.6 Å². The summed E-state index contributed by atoms with van der Waals surface area (Å²) in [5.41, 5.74) is 7.55. The third kappa shape index (κ3) is 4.52. The van der Waals surface area contributed by atoms with E-state index in [0.29, 0.717) is 5.56 Å². The van der Waals surface area contributed by atoms with Crippen molar-refractivity contribution < 1.29 is 22.6 Å². The Bertz CT molecular complexity index is 575. The van der Waals surface area contributed by atoms with Crippen molar-refractivity contribution in [3.8, 4) is 11.5 Å². The molecular weight excluding hydrogens is 327 g/mol. The van der Waals surface area contributed by atoms with E-state index >= 15 is 0 Å². The van der Waals surface area contributed by atoms with Gasteiger partial charge in [0.2, 0.25) is 0 Å². The summed E-state index contributed by atoms with van der Waals surface area (Å²) < 4.78 is 45.5. The lowest BCUT2D eigenvalue weighted by molar-refractivity contribution is -0.274. The fourth-order valence-electron chi connectivity index (χ4n) is 1.78. The Kier molecular flexibility index (Phi) is 5.88. The van der Waals surface area contributed by atoms with Crippen LogP contribution in [0.4, 0.5) is 13.2 Å². The van der Waals surface area contributed by atoms with E-state index in [1.165, 1.54) is 36.6 Å². The average molecular weight is 340 g/mol. The molecule has 0 aliphatic rings. The van der Waals surface area contributed by atoms with Gasteiger partial charge in [0.1, 0.15) is 11.5 Å². The molecule has 0 aliphatic heterocycles. The average Bonchev–Trinajstić information content (AvgIpc) is 2.89. The second-order valence-electron chi connectivity index (χ2n) is 3.99. The predicted octanol–water partition coefficient (Wildman–Crippen LogP) is 4.13. The van der Waals surface area contributed by atoms with Crippen molar-refractivity contribution in [2.24, 2.45) is 5.73 Å². The number of nitrogens with two attached hydrogens (primary N) is 1. The standard InChI is InChI=1S/C13H12F3NO2S.ClH/c1-18-11-6-9(19-13(14,15)16)2-3-10(11)12(17)8-4-5-20-7-8;/h2-7,12H,17H2,1H3;1H/t12-;/m0./s1. The van der Waals surface area contributed by atoms with Gasteiger partial charge < -0.3 is 15.2 Å². The molecule has 1 aromatic heterocycles. The highest BCUT2D eigenvalue weighted by Gasteiger charge is 2.31. The summed E-state index contributed by atoms with van der Waals surface area (Å²) in [6, 6.07) is 5.26. The number of rotatable bonds is 4. The molecule has 2 N–H and O–H groups in total. The molecule has 0 saturated carbocycles. The fourth-order valence-corrected chi connectivity index (χ4v) is 2.47. The van der Waals surface area contributed by atoms with Gasteiger partial charge in [-0.3, -0.25) is 0 Å². The first-order chi connectivity index (χ1) is 9.40. The number of ether oxygens (including phenoxy) is 2. The first kappa shape index (κ1) is 17.6. The van der Waals surface area contributed by atoms with Crippen LogP contribution in [0.1, 0.15) is 17.2 Å². The smallest absolute Gasteiger partial charge is 0.496 e. The highest BCUT2D eigenvalue weighted by atomic mass is 35.5. The van der Waals surface area contributed by atoms with Gasteiger partial charge in [-0.2, -0.15) is 11.3 Å². The second-order valence-corrected chi connectivity index (χ2v) is 4.77. The largest absolute Gasteiger partial charge is 0.573 e. The summed E-state index contributed by atoms with van der Waals surface area (Å²) >= 11 is 1.49. The summed E-state index contributed by atoms with van der Waals surface area (Å²) in [6.07, 6.45) is -4.73. The molecule has 1 heterocycles. The van der Waals surface area contributed by atoms with Crippen molar-refractivity contribution in [1.29, 1.82) is 0 Å². The van der Waals surface area contributed by atoms with E-state index in [1.54, 1.807) is 0 Å². The van der Waals surface area contributed by atoms with Crippen molar-refractivity contribution in [3.05, 3.63) is 46.2 Å². The summed E-state index contributed by atoms with van der Waals surface area (Å²) in [5, 5.41) is 3.76. The minimum absolute atomic E-state index is 0. The molecule has 1 aromatic carbocycles. The molecule has 0 aliphatic carbocycles. The first-order valence-electron chi connectivity index (χ1n) is 5.62. The van der Waals surface area contributed by atoms with Crippen LogP contribution in [0, 0.1) is 0 Å². The number of halogens is 4. The molecule has 8 heteroatoms. The van der Waals surface area contributed by atoms with Crippen LogP contribution >= 0.6 is 23.7 Å². The Morgan fingerprint density at radius 1 is 1.24 bits per heavy atom. The van der Waals surface area contributed by atoms with Crippen molar-refractivity contribution >= 4 is 23.7 Å². The van der Waals surface area contributed by atoms with Crippen molar-refractivity contribution in [2.75, 3.05) is 7.11 Å². The number of thiophene rings is 1. The molecule has 2 rings (SSSR count). The number of hydrogen-bond acceptors (Lipinski definition) is 4. The van der Waals surface area contributed by atoms with Crippen LogP contribution in [0.3, 0.4) is 0 Å². The van der Waals surface area contributed by atoms with Crippen LogP contribution in [0.25, 0.3) is 0 Å². The van der Waals surface area contributed by atoms with E-state index < -0.39 is 12.4 Å². The lowest BCUT2D eigenvalue weighted by Crippen LogP contribution is -2.17. The van der Waals surface area contributed by atoms with Crippen LogP contribution < -0.4 is 15.2 Å². The monoisotopic (exact) mass is 339 g/mol. The Balaban J connectivity index is 0.00000220. The molecule has 0 unspecified atom stereocenters. The molecule has 0 spiro atoms. The van der Waals surface area contributed by atoms with E-state index in [0.717, 1.165) is 5.56 Å². The van der Waals surface area contributed by atoms with Gasteiger partial charge in [0.25, 0.3) is 0 Å². The second kappa shape index (κ2) is 7.02. The Labute approximate surface area is 129 Å². The molecule has 0 amide bonds. The van der Waals surface area contributed by atoms with Crippen LogP contribution in [0.2, 0.25) is 0 Å². The lowest BCUT2D eigenvalue weighted by atomic mass is 10.0. The van der Waals surface area contributed by atoms with Gasteiger partial charge in [0, 0.05) is 11.6 Å². The van der Waals surface area contributed by atoms with Crippen LogP contribution in [0.15, 0.2) is 35.0 Å². The molecular formula is C13H13ClF3NO2S. The molecule has 0 fully saturated rings. The molecule has 3 nitrogen and oxygen atoms in total. The topological polar surface area (TPSA) is 44.5 Å². The normalized spacial score (nSPS) is 12.4. The van der Waals surface area contributed by atoms with Gasteiger partial charge in [-0.1, -0.05) is 0 Å².